The number of fused-ring (bicyclic) bond motifs is 3. The third-order valence-corrected chi connectivity index (χ3v) is 3.36. The van der Waals surface area contributed by atoms with Crippen LogP contribution in [0.5, 0.6) is 0 Å². The van der Waals surface area contributed by atoms with Crippen molar-refractivity contribution < 1.29 is 9.13 Å². The molecule has 2 aromatic heterocycles. The van der Waals surface area contributed by atoms with E-state index in [1.807, 2.05) is 0 Å². The Morgan fingerprint density at radius 2 is 1.75 bits per heavy atom. The van der Waals surface area contributed by atoms with Crippen LogP contribution >= 0.6 is 0 Å². The largest absolute Gasteiger partial charge is 0.277 e. The van der Waals surface area contributed by atoms with Crippen LogP contribution in [0.1, 0.15) is 19.4 Å². The van der Waals surface area contributed by atoms with E-state index >= 15 is 0 Å². The van der Waals surface area contributed by atoms with Gasteiger partial charge in [0.2, 0.25) is 0 Å². The fourth-order valence-electron chi connectivity index (χ4n) is 2.43. The zero-order chi connectivity index (χ0) is 11.0. The molecular formula is C14H16N2+2. The van der Waals surface area contributed by atoms with Crippen molar-refractivity contribution in [2.24, 2.45) is 0 Å². The Labute approximate surface area is 95.8 Å². The first-order chi connectivity index (χ1) is 7.86. The molecule has 16 heavy (non-hydrogen) atoms. The highest BCUT2D eigenvalue weighted by molar-refractivity contribution is 5.46. The Bertz CT molecular complexity index is 520. The van der Waals surface area contributed by atoms with E-state index in [0.717, 1.165) is 6.54 Å². The van der Waals surface area contributed by atoms with Gasteiger partial charge in [0, 0.05) is 24.3 Å². The second-order valence-electron chi connectivity index (χ2n) is 4.41. The van der Waals surface area contributed by atoms with Gasteiger partial charge in [0.1, 0.15) is 0 Å². The van der Waals surface area contributed by atoms with E-state index in [2.05, 4.69) is 64.8 Å². The molecule has 1 unspecified atom stereocenters. The van der Waals surface area contributed by atoms with Crippen molar-refractivity contribution >= 4 is 0 Å². The molecule has 3 heterocycles. The average molecular weight is 212 g/mol. The first-order valence-electron chi connectivity index (χ1n) is 5.85. The molecule has 0 N–H and O–H groups in total. The SMILES string of the molecule is CC1CC[n+]2ccccc2-c2cccc[n+]21. The summed E-state index contributed by atoms with van der Waals surface area (Å²) in [4.78, 5) is 0. The van der Waals surface area contributed by atoms with Gasteiger partial charge in [0.05, 0.1) is 6.42 Å². The van der Waals surface area contributed by atoms with Crippen molar-refractivity contribution in [2.45, 2.75) is 25.9 Å². The molecule has 2 heteroatoms. The van der Waals surface area contributed by atoms with Gasteiger partial charge >= 0.3 is 0 Å². The average Bonchev–Trinajstić information content (AvgIpc) is 2.49. The van der Waals surface area contributed by atoms with Gasteiger partial charge in [-0.25, -0.2) is 0 Å². The van der Waals surface area contributed by atoms with Crippen molar-refractivity contribution in [1.82, 2.24) is 0 Å². The summed E-state index contributed by atoms with van der Waals surface area (Å²) < 4.78 is 4.72. The summed E-state index contributed by atoms with van der Waals surface area (Å²) in [5.41, 5.74) is 2.63. The number of hydrogen-bond donors (Lipinski definition) is 0. The molecule has 0 saturated heterocycles. The lowest BCUT2D eigenvalue weighted by molar-refractivity contribution is -0.710. The molecule has 0 spiro atoms. The molecule has 3 rings (SSSR count). The third-order valence-electron chi connectivity index (χ3n) is 3.36. The minimum absolute atomic E-state index is 0.566. The monoisotopic (exact) mass is 212 g/mol. The standard InChI is InChI=1S/C14H16N2/c1-12-8-11-15-9-4-2-6-13(15)14-7-3-5-10-16(12)14/h2-7,9-10,12H,8,11H2,1H3/q+2. The molecule has 0 radical (unpaired) electrons. The highest BCUT2D eigenvalue weighted by atomic mass is 15.1. The molecular weight excluding hydrogens is 196 g/mol. The highest BCUT2D eigenvalue weighted by Gasteiger charge is 2.29. The number of rotatable bonds is 0. The predicted octanol–water partition coefficient (Wildman–Crippen LogP) is 1.89. The van der Waals surface area contributed by atoms with E-state index < -0.39 is 0 Å². The topological polar surface area (TPSA) is 7.76 Å². The molecule has 80 valence electrons. The van der Waals surface area contributed by atoms with E-state index in [1.165, 1.54) is 17.8 Å². The molecule has 2 nitrogen and oxygen atoms in total. The van der Waals surface area contributed by atoms with E-state index in [-0.39, 0.29) is 0 Å². The summed E-state index contributed by atoms with van der Waals surface area (Å²) in [6, 6.07) is 13.4. The van der Waals surface area contributed by atoms with Crippen LogP contribution in [0, 0.1) is 0 Å². The Kier molecular flexibility index (Phi) is 2.21. The number of pyridine rings is 2. The molecule has 1 atom stereocenters. The van der Waals surface area contributed by atoms with Crippen LogP contribution in [-0.2, 0) is 6.54 Å². The zero-order valence-corrected chi connectivity index (χ0v) is 9.50. The van der Waals surface area contributed by atoms with E-state index in [0.29, 0.717) is 6.04 Å². The first kappa shape index (κ1) is 9.52. The molecule has 0 amide bonds. The Balaban J connectivity index is 2.28. The molecule has 2 aromatic rings. The Hall–Kier alpha value is -1.70. The zero-order valence-electron chi connectivity index (χ0n) is 9.50. The van der Waals surface area contributed by atoms with Crippen molar-refractivity contribution in [1.29, 1.82) is 0 Å². The van der Waals surface area contributed by atoms with Crippen molar-refractivity contribution in [3.8, 4) is 11.4 Å². The Morgan fingerprint density at radius 3 is 2.62 bits per heavy atom. The summed E-state index contributed by atoms with van der Waals surface area (Å²) in [7, 11) is 0. The van der Waals surface area contributed by atoms with Crippen LogP contribution in [0.25, 0.3) is 11.4 Å². The minimum atomic E-state index is 0.566. The van der Waals surface area contributed by atoms with Gasteiger partial charge in [-0.05, 0) is 19.1 Å². The van der Waals surface area contributed by atoms with Crippen molar-refractivity contribution in [3.05, 3.63) is 48.8 Å². The molecule has 0 saturated carbocycles. The summed E-state index contributed by atoms with van der Waals surface area (Å²) in [6.07, 6.45) is 5.54. The summed E-state index contributed by atoms with van der Waals surface area (Å²) in [6.45, 7) is 3.38. The van der Waals surface area contributed by atoms with E-state index in [9.17, 15) is 0 Å². The highest BCUT2D eigenvalue weighted by Crippen LogP contribution is 2.16. The molecule has 0 bridgehead atoms. The van der Waals surface area contributed by atoms with Crippen LogP contribution in [0.3, 0.4) is 0 Å². The summed E-state index contributed by atoms with van der Waals surface area (Å²) in [5, 5.41) is 0. The summed E-state index contributed by atoms with van der Waals surface area (Å²) in [5.74, 6) is 0. The lowest BCUT2D eigenvalue weighted by Gasteiger charge is -2.02. The van der Waals surface area contributed by atoms with Gasteiger partial charge in [-0.1, -0.05) is 0 Å². The number of hydrogen-bond acceptors (Lipinski definition) is 0. The predicted molar refractivity (Wildman–Crippen MR) is 61.6 cm³/mol. The van der Waals surface area contributed by atoms with Gasteiger partial charge in [0.25, 0.3) is 11.4 Å². The van der Waals surface area contributed by atoms with Gasteiger partial charge < -0.3 is 0 Å². The third kappa shape index (κ3) is 1.42. The number of aromatic nitrogens is 2. The second kappa shape index (κ2) is 3.71. The Morgan fingerprint density at radius 1 is 1.00 bits per heavy atom. The lowest BCUT2D eigenvalue weighted by atomic mass is 10.2. The van der Waals surface area contributed by atoms with E-state index in [4.69, 9.17) is 0 Å². The van der Waals surface area contributed by atoms with Crippen LogP contribution in [0.4, 0.5) is 0 Å². The van der Waals surface area contributed by atoms with Crippen molar-refractivity contribution in [3.63, 3.8) is 0 Å². The fraction of sp³-hybridized carbons (Fsp3) is 0.286. The van der Waals surface area contributed by atoms with Crippen molar-refractivity contribution in [2.75, 3.05) is 0 Å². The van der Waals surface area contributed by atoms with Gasteiger partial charge in [-0.15, -0.1) is 0 Å². The molecule has 0 aromatic carbocycles. The second-order valence-corrected chi connectivity index (χ2v) is 4.41. The lowest BCUT2D eigenvalue weighted by Crippen LogP contribution is -2.39. The normalized spacial score (nSPS) is 18.4. The fourth-order valence-corrected chi connectivity index (χ4v) is 2.43. The maximum atomic E-state index is 2.37. The maximum absolute atomic E-state index is 2.37. The van der Waals surface area contributed by atoms with Gasteiger partial charge in [-0.2, -0.15) is 9.13 Å². The van der Waals surface area contributed by atoms with Gasteiger partial charge in [-0.3, -0.25) is 0 Å². The quantitative estimate of drug-likeness (QED) is 0.589. The van der Waals surface area contributed by atoms with Crippen LogP contribution in [-0.4, -0.2) is 0 Å². The van der Waals surface area contributed by atoms with Gasteiger partial charge in [0.15, 0.2) is 25.0 Å². The number of aryl methyl sites for hydroxylation is 1. The minimum Gasteiger partial charge on any atom is -0.193 e. The maximum Gasteiger partial charge on any atom is 0.277 e. The molecule has 0 aliphatic carbocycles. The smallest absolute Gasteiger partial charge is 0.193 e. The van der Waals surface area contributed by atoms with Crippen LogP contribution in [0.2, 0.25) is 0 Å². The summed E-state index contributed by atoms with van der Waals surface area (Å²) >= 11 is 0. The molecule has 0 fully saturated rings. The van der Waals surface area contributed by atoms with E-state index in [1.54, 1.807) is 0 Å². The first-order valence-corrected chi connectivity index (χ1v) is 5.85. The molecule has 1 aliphatic rings. The van der Waals surface area contributed by atoms with Crippen LogP contribution < -0.4 is 9.13 Å². The van der Waals surface area contributed by atoms with Crippen LogP contribution in [0.15, 0.2) is 48.8 Å². The number of nitrogens with zero attached hydrogens (tertiary/aromatic N) is 2. The molecule has 1 aliphatic heterocycles.